The van der Waals surface area contributed by atoms with E-state index in [1.807, 2.05) is 69.3 Å². The second kappa shape index (κ2) is 22.2. The summed E-state index contributed by atoms with van der Waals surface area (Å²) in [4.78, 5) is 51.0. The van der Waals surface area contributed by atoms with Crippen molar-refractivity contribution in [2.45, 2.75) is 78.8 Å². The van der Waals surface area contributed by atoms with Crippen LogP contribution >= 0.6 is 0 Å². The zero-order valence-corrected chi connectivity index (χ0v) is 31.3. The molecule has 0 aliphatic heterocycles. The summed E-state index contributed by atoms with van der Waals surface area (Å²) in [6.07, 6.45) is 1.60. The SMILES string of the molecule is CCCCC(=O)N(Cc1ccc(-c2ccccc2-c2nnn(COC(=O)Oc3cccc(CON(O)O)c3)n2)cc1)[C@H](C(=O)OCCCCON(O)O)C(C)C. The van der Waals surface area contributed by atoms with Crippen molar-refractivity contribution in [3.05, 3.63) is 83.9 Å². The molecule has 0 unspecified atom stereocenters. The van der Waals surface area contributed by atoms with Gasteiger partial charge < -0.3 is 19.1 Å². The molecule has 1 atom stereocenters. The Morgan fingerprint density at radius 2 is 1.52 bits per heavy atom. The molecule has 302 valence electrons. The number of nitrogens with zero attached hydrogens (tertiary/aromatic N) is 7. The van der Waals surface area contributed by atoms with Gasteiger partial charge in [0.1, 0.15) is 11.8 Å². The number of tetrazole rings is 1. The van der Waals surface area contributed by atoms with Crippen molar-refractivity contribution in [2.24, 2.45) is 5.92 Å². The molecule has 1 aromatic heterocycles. The number of hydrogen-bond donors (Lipinski definition) is 4. The summed E-state index contributed by atoms with van der Waals surface area (Å²) in [7, 11) is 0. The number of carbonyl (C=O) groups excluding carboxylic acids is 3. The fourth-order valence-corrected chi connectivity index (χ4v) is 5.57. The first kappa shape index (κ1) is 43.3. The number of aromatic nitrogens is 4. The van der Waals surface area contributed by atoms with Gasteiger partial charge in [-0.05, 0) is 64.8 Å². The molecule has 0 aliphatic rings. The minimum Gasteiger partial charge on any atom is -0.464 e. The Morgan fingerprint density at radius 3 is 2.21 bits per heavy atom. The number of amides is 1. The first-order valence-electron chi connectivity index (χ1n) is 17.9. The lowest BCUT2D eigenvalue weighted by Gasteiger charge is -2.33. The fraction of sp³-hybridized carbons (Fsp3) is 0.405. The lowest BCUT2D eigenvalue weighted by atomic mass is 9.97. The number of unbranched alkanes of at least 4 members (excludes halogenated alkanes) is 2. The Morgan fingerprint density at radius 1 is 0.804 bits per heavy atom. The fourth-order valence-electron chi connectivity index (χ4n) is 5.57. The van der Waals surface area contributed by atoms with Crippen LogP contribution in [0.3, 0.4) is 0 Å². The Bertz CT molecular complexity index is 1840. The van der Waals surface area contributed by atoms with Crippen LogP contribution < -0.4 is 4.74 Å². The van der Waals surface area contributed by atoms with Gasteiger partial charge in [-0.2, -0.15) is 0 Å². The Hall–Kier alpha value is -5.38. The van der Waals surface area contributed by atoms with Crippen molar-refractivity contribution in [1.82, 2.24) is 35.9 Å². The summed E-state index contributed by atoms with van der Waals surface area (Å²) in [5.74, 6) is -0.483. The van der Waals surface area contributed by atoms with Gasteiger partial charge in [-0.3, -0.25) is 30.5 Å². The Balaban J connectivity index is 1.42. The van der Waals surface area contributed by atoms with Gasteiger partial charge in [0.25, 0.3) is 0 Å². The molecule has 19 nitrogen and oxygen atoms in total. The van der Waals surface area contributed by atoms with Gasteiger partial charge in [0.2, 0.25) is 18.5 Å². The van der Waals surface area contributed by atoms with Gasteiger partial charge in [-0.15, -0.1) is 15.0 Å². The zero-order chi connectivity index (χ0) is 40.5. The number of carbonyl (C=O) groups is 3. The van der Waals surface area contributed by atoms with E-state index in [0.717, 1.165) is 27.9 Å². The van der Waals surface area contributed by atoms with E-state index in [-0.39, 0.29) is 61.6 Å². The third-order valence-corrected chi connectivity index (χ3v) is 8.25. The topological polar surface area (TPSA) is 232 Å². The molecule has 0 aliphatic carbocycles. The molecule has 0 saturated carbocycles. The molecule has 19 heteroatoms. The summed E-state index contributed by atoms with van der Waals surface area (Å²) in [5.41, 5.74) is 3.59. The maximum Gasteiger partial charge on any atom is 0.515 e. The second-order valence-corrected chi connectivity index (χ2v) is 12.8. The van der Waals surface area contributed by atoms with Crippen molar-refractivity contribution in [2.75, 3.05) is 13.2 Å². The standard InChI is InChI=1S/C37H47N7O12/c1-4-5-15-33(45)41(34(26(2)3)36(46)52-20-8-9-21-54-43(48)49)23-27-16-18-29(19-17-27)31-13-6-7-14-32(31)35-38-40-42(39-35)25-53-37(47)56-30-12-10-11-28(22-30)24-55-44(50)51/h6-7,10-14,16-19,22,26,34,48-51H,4-5,8-9,15,20-21,23-25H2,1-3H3/t34-/m0/s1. The van der Waals surface area contributed by atoms with E-state index < -0.39 is 30.3 Å². The highest BCUT2D eigenvalue weighted by Crippen LogP contribution is 2.30. The number of benzene rings is 3. The third-order valence-electron chi connectivity index (χ3n) is 8.25. The van der Waals surface area contributed by atoms with Gasteiger partial charge in [0, 0.05) is 18.5 Å². The lowest BCUT2D eigenvalue weighted by molar-refractivity contribution is -0.497. The van der Waals surface area contributed by atoms with Crippen LogP contribution in [0.15, 0.2) is 72.8 Å². The first-order valence-corrected chi connectivity index (χ1v) is 17.9. The maximum atomic E-state index is 13.5. The first-order chi connectivity index (χ1) is 26.9. The zero-order valence-electron chi connectivity index (χ0n) is 31.3. The predicted molar refractivity (Wildman–Crippen MR) is 193 cm³/mol. The van der Waals surface area contributed by atoms with Crippen LogP contribution in [-0.4, -0.2) is 94.0 Å². The van der Waals surface area contributed by atoms with Crippen LogP contribution in [0.2, 0.25) is 0 Å². The van der Waals surface area contributed by atoms with Crippen molar-refractivity contribution in [3.8, 4) is 28.3 Å². The van der Waals surface area contributed by atoms with Crippen LogP contribution in [0.4, 0.5) is 4.79 Å². The highest BCUT2D eigenvalue weighted by molar-refractivity contribution is 5.85. The van der Waals surface area contributed by atoms with Crippen molar-refractivity contribution in [3.63, 3.8) is 0 Å². The van der Waals surface area contributed by atoms with Crippen molar-refractivity contribution in [1.29, 1.82) is 0 Å². The molecule has 4 N–H and O–H groups in total. The van der Waals surface area contributed by atoms with E-state index in [2.05, 4.69) is 25.1 Å². The van der Waals surface area contributed by atoms with E-state index in [9.17, 15) is 14.4 Å². The molecule has 0 fully saturated rings. The number of ether oxygens (including phenoxy) is 3. The summed E-state index contributed by atoms with van der Waals surface area (Å²) in [6, 6.07) is 20.4. The van der Waals surface area contributed by atoms with E-state index in [1.54, 1.807) is 17.0 Å². The molecule has 0 spiro atoms. The summed E-state index contributed by atoms with van der Waals surface area (Å²) in [6.45, 7) is 5.44. The second-order valence-electron chi connectivity index (χ2n) is 12.8. The summed E-state index contributed by atoms with van der Waals surface area (Å²) < 4.78 is 15.9. The molecule has 1 amide bonds. The van der Waals surface area contributed by atoms with Crippen molar-refractivity contribution >= 4 is 18.0 Å². The molecule has 1 heterocycles. The van der Waals surface area contributed by atoms with Crippen LogP contribution in [0.25, 0.3) is 22.5 Å². The molecule has 0 saturated heterocycles. The monoisotopic (exact) mass is 781 g/mol. The third kappa shape index (κ3) is 13.7. The van der Waals surface area contributed by atoms with Gasteiger partial charge in [0.05, 0.1) is 30.6 Å². The molecule has 4 aromatic rings. The van der Waals surface area contributed by atoms with Gasteiger partial charge in [0.15, 0.2) is 0 Å². The Kier molecular flexibility index (Phi) is 17.2. The van der Waals surface area contributed by atoms with Crippen LogP contribution in [0.5, 0.6) is 5.75 Å². The number of hydrogen-bond acceptors (Lipinski definition) is 17. The summed E-state index contributed by atoms with van der Waals surface area (Å²) >= 11 is 0. The van der Waals surface area contributed by atoms with E-state index in [4.69, 9.17) is 35.0 Å². The average Bonchev–Trinajstić information content (AvgIpc) is 3.65. The van der Waals surface area contributed by atoms with Crippen LogP contribution in [0.1, 0.15) is 64.0 Å². The highest BCUT2D eigenvalue weighted by atomic mass is 17.1. The molecular weight excluding hydrogens is 734 g/mol. The minimum atomic E-state index is -1.03. The largest absolute Gasteiger partial charge is 0.515 e. The number of rotatable bonds is 22. The molecule has 56 heavy (non-hydrogen) atoms. The molecule has 3 aromatic carbocycles. The van der Waals surface area contributed by atoms with E-state index in [1.165, 1.54) is 12.1 Å². The van der Waals surface area contributed by atoms with Gasteiger partial charge in [-0.1, -0.05) is 87.9 Å². The average molecular weight is 782 g/mol. The van der Waals surface area contributed by atoms with Crippen LogP contribution in [-0.2, 0) is 48.6 Å². The molecular formula is C37H47N7O12. The van der Waals surface area contributed by atoms with Gasteiger partial charge >= 0.3 is 12.1 Å². The number of esters is 1. The molecule has 0 radical (unpaired) electrons. The van der Waals surface area contributed by atoms with E-state index >= 15 is 0 Å². The smallest absolute Gasteiger partial charge is 0.464 e. The van der Waals surface area contributed by atoms with Crippen LogP contribution in [0, 0.1) is 5.92 Å². The predicted octanol–water partition coefficient (Wildman–Crippen LogP) is 5.57. The quantitative estimate of drug-likeness (QED) is 0.0330. The lowest BCUT2D eigenvalue weighted by Crippen LogP contribution is -2.48. The van der Waals surface area contributed by atoms with E-state index in [0.29, 0.717) is 30.4 Å². The van der Waals surface area contributed by atoms with Gasteiger partial charge in [-0.25, -0.2) is 14.4 Å². The maximum absolute atomic E-state index is 13.5. The summed E-state index contributed by atoms with van der Waals surface area (Å²) in [5, 5.41) is 46.5. The molecule has 0 bridgehead atoms. The highest BCUT2D eigenvalue weighted by Gasteiger charge is 2.33. The van der Waals surface area contributed by atoms with Crippen molar-refractivity contribution < 1.29 is 59.1 Å². The molecule has 4 rings (SSSR count). The minimum absolute atomic E-state index is 0.0276. The Labute approximate surface area is 322 Å². The normalized spacial score (nSPS) is 11.9.